The Balaban J connectivity index is 1.75. The van der Waals surface area contributed by atoms with Gasteiger partial charge in [0.25, 0.3) is 0 Å². The van der Waals surface area contributed by atoms with Crippen molar-refractivity contribution in [2.45, 2.75) is 51.6 Å². The van der Waals surface area contributed by atoms with E-state index in [4.69, 9.17) is 4.74 Å². The number of allylic oxidation sites excluding steroid dienone is 2. The molecule has 0 saturated carbocycles. The molecular formula is C19H26O3. The fourth-order valence-electron chi connectivity index (χ4n) is 2.84. The zero-order valence-electron chi connectivity index (χ0n) is 13.5. The van der Waals surface area contributed by atoms with Gasteiger partial charge in [0.05, 0.1) is 5.60 Å². The average Bonchev–Trinajstić information content (AvgIpc) is 2.52. The minimum Gasteiger partial charge on any atom is -0.463 e. The lowest BCUT2D eigenvalue weighted by atomic mass is 9.79. The number of carbonyl (C=O) groups excluding carboxylic acids is 1. The van der Waals surface area contributed by atoms with E-state index in [0.29, 0.717) is 12.8 Å². The molecule has 1 aliphatic rings. The Morgan fingerprint density at radius 2 is 2.09 bits per heavy atom. The third kappa shape index (κ3) is 4.99. The van der Waals surface area contributed by atoms with Gasteiger partial charge in [-0.2, -0.15) is 0 Å². The van der Waals surface area contributed by atoms with Crippen LogP contribution in [0.15, 0.2) is 42.0 Å². The fraction of sp³-hybridized carbons (Fsp3) is 0.526. The molecule has 0 aliphatic heterocycles. The highest BCUT2D eigenvalue weighted by molar-refractivity contribution is 5.69. The van der Waals surface area contributed by atoms with Gasteiger partial charge in [-0.15, -0.1) is 0 Å². The molecule has 1 aromatic rings. The van der Waals surface area contributed by atoms with Crippen molar-refractivity contribution in [2.24, 2.45) is 5.92 Å². The molecule has 3 nitrogen and oxygen atoms in total. The highest BCUT2D eigenvalue weighted by Gasteiger charge is 2.33. The topological polar surface area (TPSA) is 46.5 Å². The van der Waals surface area contributed by atoms with Crippen LogP contribution >= 0.6 is 0 Å². The number of hydrogen-bond acceptors (Lipinski definition) is 3. The van der Waals surface area contributed by atoms with Crippen molar-refractivity contribution in [1.29, 1.82) is 0 Å². The molecule has 1 aromatic carbocycles. The van der Waals surface area contributed by atoms with Crippen LogP contribution in [-0.4, -0.2) is 23.3 Å². The first-order valence-electron chi connectivity index (χ1n) is 8.05. The van der Waals surface area contributed by atoms with Crippen LogP contribution in [0.3, 0.4) is 0 Å². The zero-order chi connectivity index (χ0) is 16.0. The summed E-state index contributed by atoms with van der Waals surface area (Å²) in [5.74, 6) is -0.0789. The summed E-state index contributed by atoms with van der Waals surface area (Å²) in [6, 6.07) is 9.88. The molecule has 0 radical (unpaired) electrons. The number of esters is 1. The van der Waals surface area contributed by atoms with Crippen molar-refractivity contribution in [3.63, 3.8) is 0 Å². The minimum atomic E-state index is -0.945. The normalized spacial score (nSPS) is 20.9. The summed E-state index contributed by atoms with van der Waals surface area (Å²) in [4.78, 5) is 11.9. The summed E-state index contributed by atoms with van der Waals surface area (Å²) in [5, 5.41) is 10.6. The van der Waals surface area contributed by atoms with Crippen LogP contribution in [0, 0.1) is 5.92 Å². The van der Waals surface area contributed by atoms with Crippen LogP contribution in [0.2, 0.25) is 0 Å². The van der Waals surface area contributed by atoms with Gasteiger partial charge in [-0.25, -0.2) is 0 Å². The van der Waals surface area contributed by atoms with Gasteiger partial charge in [0.15, 0.2) is 0 Å². The molecule has 0 aromatic heterocycles. The number of aryl methyl sites for hydroxylation is 1. The lowest BCUT2D eigenvalue weighted by molar-refractivity contribution is -0.154. The Morgan fingerprint density at radius 3 is 2.73 bits per heavy atom. The van der Waals surface area contributed by atoms with Crippen LogP contribution in [0.25, 0.3) is 0 Å². The van der Waals surface area contributed by atoms with E-state index in [1.807, 2.05) is 30.3 Å². The molecule has 1 aliphatic carbocycles. The van der Waals surface area contributed by atoms with E-state index in [-0.39, 0.29) is 18.5 Å². The third-order valence-electron chi connectivity index (χ3n) is 4.50. The van der Waals surface area contributed by atoms with Crippen LogP contribution in [0.5, 0.6) is 0 Å². The maximum Gasteiger partial charge on any atom is 0.306 e. The van der Waals surface area contributed by atoms with E-state index in [9.17, 15) is 9.90 Å². The number of ether oxygens (including phenoxy) is 1. The van der Waals surface area contributed by atoms with Gasteiger partial charge in [-0.3, -0.25) is 4.79 Å². The molecule has 0 fully saturated rings. The molecule has 2 rings (SSSR count). The van der Waals surface area contributed by atoms with Crippen LogP contribution in [-0.2, 0) is 16.0 Å². The predicted molar refractivity (Wildman–Crippen MR) is 87.4 cm³/mol. The summed E-state index contributed by atoms with van der Waals surface area (Å²) in [6.07, 6.45) is 6.04. The molecule has 2 atom stereocenters. The van der Waals surface area contributed by atoms with Gasteiger partial charge in [0.2, 0.25) is 0 Å². The van der Waals surface area contributed by atoms with Crippen molar-refractivity contribution in [1.82, 2.24) is 0 Å². The average molecular weight is 302 g/mol. The third-order valence-corrected chi connectivity index (χ3v) is 4.50. The second kappa shape index (κ2) is 7.59. The smallest absolute Gasteiger partial charge is 0.306 e. The zero-order valence-corrected chi connectivity index (χ0v) is 13.5. The Bertz CT molecular complexity index is 517. The second-order valence-corrected chi connectivity index (χ2v) is 6.53. The Kier molecular flexibility index (Phi) is 5.78. The molecule has 1 N–H and O–H groups in total. The molecule has 0 saturated heterocycles. The first-order chi connectivity index (χ1) is 10.5. The van der Waals surface area contributed by atoms with Gasteiger partial charge >= 0.3 is 5.97 Å². The molecule has 2 unspecified atom stereocenters. The standard InChI is InChI=1S/C19H26O3/c1-15-8-11-17(12-9-15)19(2,21)14-22-18(20)13-10-16-6-4-3-5-7-16/h3-8,17,21H,9-14H2,1-2H3. The number of rotatable bonds is 6. The highest BCUT2D eigenvalue weighted by Crippen LogP contribution is 2.32. The van der Waals surface area contributed by atoms with Crippen molar-refractivity contribution in [3.8, 4) is 0 Å². The van der Waals surface area contributed by atoms with E-state index < -0.39 is 5.60 Å². The molecule has 3 heteroatoms. The molecular weight excluding hydrogens is 276 g/mol. The number of aliphatic hydroxyl groups is 1. The predicted octanol–water partition coefficient (Wildman–Crippen LogP) is 3.66. The second-order valence-electron chi connectivity index (χ2n) is 6.53. The Hall–Kier alpha value is -1.61. The maximum absolute atomic E-state index is 11.9. The molecule has 0 heterocycles. The van der Waals surface area contributed by atoms with Gasteiger partial charge < -0.3 is 9.84 Å². The van der Waals surface area contributed by atoms with Crippen molar-refractivity contribution in [2.75, 3.05) is 6.61 Å². The monoisotopic (exact) mass is 302 g/mol. The van der Waals surface area contributed by atoms with Crippen molar-refractivity contribution >= 4 is 5.97 Å². The molecule has 22 heavy (non-hydrogen) atoms. The van der Waals surface area contributed by atoms with Crippen LogP contribution < -0.4 is 0 Å². The quantitative estimate of drug-likeness (QED) is 0.644. The molecule has 120 valence electrons. The lowest BCUT2D eigenvalue weighted by Crippen LogP contribution is -2.40. The molecule has 0 bridgehead atoms. The van der Waals surface area contributed by atoms with E-state index >= 15 is 0 Å². The van der Waals surface area contributed by atoms with Gasteiger partial charge in [-0.1, -0.05) is 42.0 Å². The summed E-state index contributed by atoms with van der Waals surface area (Å²) >= 11 is 0. The summed E-state index contributed by atoms with van der Waals surface area (Å²) in [6.45, 7) is 3.98. The van der Waals surface area contributed by atoms with Crippen molar-refractivity contribution in [3.05, 3.63) is 47.5 Å². The largest absolute Gasteiger partial charge is 0.463 e. The van der Waals surface area contributed by atoms with Gasteiger partial charge in [0, 0.05) is 6.42 Å². The van der Waals surface area contributed by atoms with E-state index in [2.05, 4.69) is 13.0 Å². The Morgan fingerprint density at radius 1 is 1.36 bits per heavy atom. The first kappa shape index (κ1) is 16.8. The van der Waals surface area contributed by atoms with Gasteiger partial charge in [-0.05, 0) is 51.0 Å². The highest BCUT2D eigenvalue weighted by atomic mass is 16.5. The minimum absolute atomic E-state index is 0.0815. The van der Waals surface area contributed by atoms with Crippen molar-refractivity contribution < 1.29 is 14.6 Å². The summed E-state index contributed by atoms with van der Waals surface area (Å²) in [5.41, 5.74) is 1.56. The van der Waals surface area contributed by atoms with Crippen LogP contribution in [0.1, 0.15) is 45.1 Å². The molecule has 0 amide bonds. The van der Waals surface area contributed by atoms with E-state index in [1.54, 1.807) is 6.92 Å². The SMILES string of the molecule is CC1=CCC(C(C)(O)COC(=O)CCc2ccccc2)CC1. The van der Waals surface area contributed by atoms with E-state index in [1.165, 1.54) is 5.57 Å². The van der Waals surface area contributed by atoms with E-state index in [0.717, 1.165) is 24.8 Å². The summed E-state index contributed by atoms with van der Waals surface area (Å²) < 4.78 is 5.30. The fourth-order valence-corrected chi connectivity index (χ4v) is 2.84. The number of carbonyl (C=O) groups is 1. The lowest BCUT2D eigenvalue weighted by Gasteiger charge is -2.34. The first-order valence-corrected chi connectivity index (χ1v) is 8.05. The summed E-state index contributed by atoms with van der Waals surface area (Å²) in [7, 11) is 0. The Labute approximate surface area is 133 Å². The molecule has 0 spiro atoms. The maximum atomic E-state index is 11.9. The van der Waals surface area contributed by atoms with Crippen LogP contribution in [0.4, 0.5) is 0 Å². The van der Waals surface area contributed by atoms with Gasteiger partial charge in [0.1, 0.15) is 6.61 Å². The number of hydrogen-bond donors (Lipinski definition) is 1. The number of benzene rings is 1.